The summed E-state index contributed by atoms with van der Waals surface area (Å²) in [6, 6.07) is 17.2. The average Bonchev–Trinajstić information content (AvgIpc) is 2.75. The first kappa shape index (κ1) is 19.9. The third kappa shape index (κ3) is 4.01. The van der Waals surface area contributed by atoms with Crippen molar-refractivity contribution in [3.8, 4) is 0 Å². The molecular weight excluding hydrogens is 378 g/mol. The molecule has 0 atom stereocenters. The predicted octanol–water partition coefficient (Wildman–Crippen LogP) is 4.13. The molecule has 2 aliphatic rings. The standard InChI is InChI=1S/C23H27N5O2/c1-2-30-20(29)17-10-9-13-19(16-17)28-21(24)26-22(25-18-11-5-3-6-12-18)27-23(28)14-7-4-8-15-23/h3,5-6,9-13,16H,2,4,7-8,14-15H2,1H3,(H3,24,25,26,27). The molecule has 30 heavy (non-hydrogen) atoms. The number of carbonyl (C=O) groups is 1. The Hall–Kier alpha value is -3.35. The number of rotatable bonds is 4. The number of para-hydroxylation sites is 1. The third-order valence-corrected chi connectivity index (χ3v) is 5.48. The summed E-state index contributed by atoms with van der Waals surface area (Å²) < 4.78 is 5.16. The minimum atomic E-state index is -0.519. The molecule has 3 N–H and O–H groups in total. The van der Waals surface area contributed by atoms with Gasteiger partial charge in [-0.25, -0.2) is 9.79 Å². The second-order valence-corrected chi connectivity index (χ2v) is 7.55. The van der Waals surface area contributed by atoms with Crippen molar-refractivity contribution >= 4 is 29.3 Å². The third-order valence-electron chi connectivity index (χ3n) is 5.48. The summed E-state index contributed by atoms with van der Waals surface area (Å²) in [5.74, 6) is 0.532. The van der Waals surface area contributed by atoms with Gasteiger partial charge in [-0.3, -0.25) is 4.90 Å². The van der Waals surface area contributed by atoms with E-state index in [9.17, 15) is 4.79 Å². The number of aliphatic imine (C=N–C) groups is 2. The molecule has 1 spiro atoms. The second-order valence-electron chi connectivity index (χ2n) is 7.55. The smallest absolute Gasteiger partial charge is 0.338 e. The Kier molecular flexibility index (Phi) is 5.70. The van der Waals surface area contributed by atoms with E-state index in [0.717, 1.165) is 37.1 Å². The van der Waals surface area contributed by atoms with Crippen molar-refractivity contribution in [2.75, 3.05) is 16.8 Å². The van der Waals surface area contributed by atoms with E-state index >= 15 is 0 Å². The van der Waals surface area contributed by atoms with Crippen LogP contribution >= 0.6 is 0 Å². The minimum Gasteiger partial charge on any atom is -0.462 e. The van der Waals surface area contributed by atoms with Gasteiger partial charge in [0, 0.05) is 11.4 Å². The van der Waals surface area contributed by atoms with Crippen LogP contribution < -0.4 is 16.0 Å². The number of nitrogens with zero attached hydrogens (tertiary/aromatic N) is 3. The van der Waals surface area contributed by atoms with E-state index in [1.165, 1.54) is 6.42 Å². The zero-order chi connectivity index (χ0) is 21.0. The monoisotopic (exact) mass is 405 g/mol. The van der Waals surface area contributed by atoms with Crippen molar-refractivity contribution in [2.24, 2.45) is 15.7 Å². The molecule has 7 nitrogen and oxygen atoms in total. The van der Waals surface area contributed by atoms with Crippen LogP contribution in [0.5, 0.6) is 0 Å². The first-order valence-corrected chi connectivity index (χ1v) is 10.4. The Morgan fingerprint density at radius 3 is 2.63 bits per heavy atom. The van der Waals surface area contributed by atoms with Crippen molar-refractivity contribution in [3.63, 3.8) is 0 Å². The van der Waals surface area contributed by atoms with Crippen LogP contribution in [0.15, 0.2) is 64.6 Å². The van der Waals surface area contributed by atoms with Crippen LogP contribution in [0.25, 0.3) is 0 Å². The molecule has 1 saturated carbocycles. The van der Waals surface area contributed by atoms with Gasteiger partial charge in [0.1, 0.15) is 5.66 Å². The van der Waals surface area contributed by atoms with Gasteiger partial charge in [0.05, 0.1) is 12.2 Å². The number of nitrogens with two attached hydrogens (primary N) is 1. The molecule has 0 radical (unpaired) electrons. The molecule has 0 aromatic heterocycles. The summed E-state index contributed by atoms with van der Waals surface area (Å²) in [6.07, 6.45) is 5.03. The van der Waals surface area contributed by atoms with E-state index < -0.39 is 5.66 Å². The first-order valence-electron chi connectivity index (χ1n) is 10.4. The van der Waals surface area contributed by atoms with Gasteiger partial charge in [-0.05, 0) is 62.9 Å². The molecule has 0 saturated heterocycles. The number of guanidine groups is 2. The lowest BCUT2D eigenvalue weighted by atomic mass is 9.87. The fraction of sp³-hybridized carbons (Fsp3) is 0.348. The van der Waals surface area contributed by atoms with E-state index in [-0.39, 0.29) is 5.97 Å². The van der Waals surface area contributed by atoms with E-state index in [1.807, 2.05) is 53.4 Å². The molecule has 1 heterocycles. The quantitative estimate of drug-likeness (QED) is 0.746. The summed E-state index contributed by atoms with van der Waals surface area (Å²) in [6.45, 7) is 2.13. The highest BCUT2D eigenvalue weighted by Crippen LogP contribution is 2.40. The van der Waals surface area contributed by atoms with Gasteiger partial charge < -0.3 is 15.8 Å². The normalized spacial score (nSPS) is 17.8. The summed E-state index contributed by atoms with van der Waals surface area (Å²) in [4.78, 5) is 23.8. The van der Waals surface area contributed by atoms with Gasteiger partial charge in [-0.2, -0.15) is 4.99 Å². The number of carbonyl (C=O) groups excluding carboxylic acids is 1. The largest absolute Gasteiger partial charge is 0.462 e. The number of ether oxygens (including phenoxy) is 1. The number of nitrogens with one attached hydrogen (secondary N) is 1. The van der Waals surface area contributed by atoms with Crippen LogP contribution in [-0.2, 0) is 4.74 Å². The molecule has 1 fully saturated rings. The van der Waals surface area contributed by atoms with Gasteiger partial charge in [-0.15, -0.1) is 0 Å². The van der Waals surface area contributed by atoms with Crippen LogP contribution in [0.4, 0.5) is 11.4 Å². The lowest BCUT2D eigenvalue weighted by Crippen LogP contribution is -2.58. The van der Waals surface area contributed by atoms with Crippen LogP contribution in [0.1, 0.15) is 49.4 Å². The van der Waals surface area contributed by atoms with Crippen molar-refractivity contribution in [1.82, 2.24) is 0 Å². The van der Waals surface area contributed by atoms with Gasteiger partial charge in [0.15, 0.2) is 0 Å². The molecular formula is C23H27N5O2. The van der Waals surface area contributed by atoms with Gasteiger partial charge in [0.2, 0.25) is 11.9 Å². The lowest BCUT2D eigenvalue weighted by molar-refractivity contribution is 0.0526. The summed E-state index contributed by atoms with van der Waals surface area (Å²) in [5.41, 5.74) is 8.17. The maximum atomic E-state index is 12.2. The zero-order valence-electron chi connectivity index (χ0n) is 17.2. The van der Waals surface area contributed by atoms with E-state index in [2.05, 4.69) is 10.3 Å². The van der Waals surface area contributed by atoms with Crippen LogP contribution in [0.3, 0.4) is 0 Å². The molecule has 156 valence electrons. The number of esters is 1. The minimum absolute atomic E-state index is 0.332. The van der Waals surface area contributed by atoms with Gasteiger partial charge in [-0.1, -0.05) is 30.7 Å². The van der Waals surface area contributed by atoms with Crippen LogP contribution in [0, 0.1) is 0 Å². The SMILES string of the molecule is CCOC(=O)c1cccc(N2C(N)=NC(Nc3ccccc3)=NC23CCCCC3)c1. The van der Waals surface area contributed by atoms with E-state index in [4.69, 9.17) is 15.5 Å². The molecule has 2 aromatic carbocycles. The van der Waals surface area contributed by atoms with Crippen molar-refractivity contribution in [3.05, 3.63) is 60.2 Å². The molecule has 1 aliphatic carbocycles. The van der Waals surface area contributed by atoms with Crippen LogP contribution in [0.2, 0.25) is 0 Å². The zero-order valence-corrected chi connectivity index (χ0v) is 17.2. The summed E-state index contributed by atoms with van der Waals surface area (Å²) in [5, 5.41) is 3.28. The fourth-order valence-electron chi connectivity index (χ4n) is 4.16. The molecule has 7 heteroatoms. The number of hydrogen-bond donors (Lipinski definition) is 2. The van der Waals surface area contributed by atoms with Gasteiger partial charge in [0.25, 0.3) is 0 Å². The number of hydrogen-bond acceptors (Lipinski definition) is 7. The Morgan fingerprint density at radius 1 is 1.13 bits per heavy atom. The van der Waals surface area contributed by atoms with Crippen molar-refractivity contribution < 1.29 is 9.53 Å². The Bertz CT molecular complexity index is 965. The molecule has 2 aromatic rings. The Labute approximate surface area is 176 Å². The van der Waals surface area contributed by atoms with Crippen molar-refractivity contribution in [1.29, 1.82) is 0 Å². The highest BCUT2D eigenvalue weighted by Gasteiger charge is 2.43. The van der Waals surface area contributed by atoms with E-state index in [1.54, 1.807) is 13.0 Å². The maximum Gasteiger partial charge on any atom is 0.338 e. The molecule has 4 rings (SSSR count). The highest BCUT2D eigenvalue weighted by atomic mass is 16.5. The molecule has 0 amide bonds. The topological polar surface area (TPSA) is 92.3 Å². The number of benzene rings is 2. The Morgan fingerprint density at radius 2 is 1.90 bits per heavy atom. The maximum absolute atomic E-state index is 12.2. The first-order chi connectivity index (χ1) is 14.6. The lowest BCUT2D eigenvalue weighted by Gasteiger charge is -2.46. The summed E-state index contributed by atoms with van der Waals surface area (Å²) in [7, 11) is 0. The second kappa shape index (κ2) is 8.57. The van der Waals surface area contributed by atoms with E-state index in [0.29, 0.717) is 24.1 Å². The molecule has 1 aliphatic heterocycles. The van der Waals surface area contributed by atoms with Crippen LogP contribution in [-0.4, -0.2) is 30.2 Å². The number of anilines is 2. The summed E-state index contributed by atoms with van der Waals surface area (Å²) >= 11 is 0. The molecule has 0 unspecified atom stereocenters. The highest BCUT2D eigenvalue weighted by molar-refractivity contribution is 6.10. The average molecular weight is 406 g/mol. The molecule has 0 bridgehead atoms. The van der Waals surface area contributed by atoms with Crippen molar-refractivity contribution in [2.45, 2.75) is 44.7 Å². The Balaban J connectivity index is 1.70. The van der Waals surface area contributed by atoms with Gasteiger partial charge >= 0.3 is 5.97 Å². The fourth-order valence-corrected chi connectivity index (χ4v) is 4.16. The predicted molar refractivity (Wildman–Crippen MR) is 120 cm³/mol.